The molecule has 0 bridgehead atoms. The lowest BCUT2D eigenvalue weighted by molar-refractivity contribution is -0.113. The quantitative estimate of drug-likeness (QED) is 0.282. The minimum Gasteiger partial charge on any atom is -0.454 e. The molecule has 0 spiro atoms. The van der Waals surface area contributed by atoms with Crippen molar-refractivity contribution in [3.8, 4) is 28.6 Å². The van der Waals surface area contributed by atoms with Crippen molar-refractivity contribution in [2.45, 2.75) is 38.3 Å². The molecule has 0 saturated heterocycles. The highest BCUT2D eigenvalue weighted by Crippen LogP contribution is 2.34. The van der Waals surface area contributed by atoms with Gasteiger partial charge in [0.25, 0.3) is 0 Å². The molecule has 1 amide bonds. The van der Waals surface area contributed by atoms with Gasteiger partial charge in [-0.25, -0.2) is 0 Å². The standard InChI is InChI=1S/C28H28N4O3S/c1-3-4-5-20-8-13-23(14-9-20)32-27(21-10-6-19(2)7-11-21)30-31-28(32)36-17-26(33)29-22-12-15-24-25(16-22)35-18-34-24/h6-16H,3-5,17-18H2,1-2H3,(H,29,33). The van der Waals surface area contributed by atoms with Gasteiger partial charge in [0, 0.05) is 23.0 Å². The Labute approximate surface area is 214 Å². The molecular formula is C28H28N4O3S. The van der Waals surface area contributed by atoms with Crippen molar-refractivity contribution in [1.82, 2.24) is 14.8 Å². The third-order valence-electron chi connectivity index (χ3n) is 5.95. The van der Waals surface area contributed by atoms with E-state index in [-0.39, 0.29) is 18.5 Å². The summed E-state index contributed by atoms with van der Waals surface area (Å²) in [5.74, 6) is 2.11. The molecule has 1 aromatic heterocycles. The van der Waals surface area contributed by atoms with Crippen LogP contribution < -0.4 is 14.8 Å². The summed E-state index contributed by atoms with van der Waals surface area (Å²) in [6.45, 7) is 4.45. The highest BCUT2D eigenvalue weighted by Gasteiger charge is 2.18. The second-order valence-electron chi connectivity index (χ2n) is 8.68. The van der Waals surface area contributed by atoms with Gasteiger partial charge >= 0.3 is 0 Å². The lowest BCUT2D eigenvalue weighted by Gasteiger charge is -2.12. The van der Waals surface area contributed by atoms with Crippen molar-refractivity contribution in [2.24, 2.45) is 0 Å². The van der Waals surface area contributed by atoms with Crippen LogP contribution in [-0.4, -0.2) is 33.2 Å². The predicted octanol–water partition coefficient (Wildman–Crippen LogP) is 6.04. The number of nitrogens with one attached hydrogen (secondary N) is 1. The number of aromatic nitrogens is 3. The van der Waals surface area contributed by atoms with E-state index in [1.165, 1.54) is 35.7 Å². The Bertz CT molecular complexity index is 1350. The first kappa shape index (κ1) is 23.9. The molecule has 0 radical (unpaired) electrons. The van der Waals surface area contributed by atoms with Gasteiger partial charge < -0.3 is 14.8 Å². The van der Waals surface area contributed by atoms with E-state index in [9.17, 15) is 4.79 Å². The molecule has 0 atom stereocenters. The fraction of sp³-hybridized carbons (Fsp3) is 0.250. The molecule has 0 unspecified atom stereocenters. The Hall–Kier alpha value is -3.78. The highest BCUT2D eigenvalue weighted by atomic mass is 32.2. The first-order chi connectivity index (χ1) is 17.6. The highest BCUT2D eigenvalue weighted by molar-refractivity contribution is 7.99. The number of carbonyl (C=O) groups is 1. The van der Waals surface area contributed by atoms with Gasteiger partial charge in [0.1, 0.15) is 0 Å². The van der Waals surface area contributed by atoms with Gasteiger partial charge in [-0.05, 0) is 49.6 Å². The third-order valence-corrected chi connectivity index (χ3v) is 6.87. The van der Waals surface area contributed by atoms with Gasteiger partial charge in [-0.2, -0.15) is 0 Å². The zero-order valence-electron chi connectivity index (χ0n) is 20.4. The van der Waals surface area contributed by atoms with Crippen molar-refractivity contribution in [3.05, 3.63) is 77.9 Å². The number of aryl methyl sites for hydroxylation is 2. The number of hydrogen-bond donors (Lipinski definition) is 1. The van der Waals surface area contributed by atoms with E-state index in [0.29, 0.717) is 22.3 Å². The number of hydrogen-bond acceptors (Lipinski definition) is 6. The van der Waals surface area contributed by atoms with Crippen molar-refractivity contribution in [2.75, 3.05) is 17.9 Å². The predicted molar refractivity (Wildman–Crippen MR) is 142 cm³/mol. The number of fused-ring (bicyclic) bond motifs is 1. The number of thioether (sulfide) groups is 1. The summed E-state index contributed by atoms with van der Waals surface area (Å²) in [6.07, 6.45) is 3.39. The lowest BCUT2D eigenvalue weighted by Crippen LogP contribution is -2.14. The van der Waals surface area contributed by atoms with Crippen LogP contribution in [0.15, 0.2) is 71.9 Å². The SMILES string of the molecule is CCCCc1ccc(-n2c(SCC(=O)Nc3ccc4c(c3)OCO4)nnc2-c2ccc(C)cc2)cc1. The summed E-state index contributed by atoms with van der Waals surface area (Å²) in [7, 11) is 0. The Morgan fingerprint density at radius 3 is 2.56 bits per heavy atom. The van der Waals surface area contributed by atoms with E-state index in [1.54, 1.807) is 18.2 Å². The topological polar surface area (TPSA) is 78.3 Å². The van der Waals surface area contributed by atoms with Gasteiger partial charge in [-0.3, -0.25) is 9.36 Å². The van der Waals surface area contributed by atoms with E-state index in [2.05, 4.69) is 65.8 Å². The molecule has 1 aliphatic heterocycles. The van der Waals surface area contributed by atoms with Gasteiger partial charge in [-0.1, -0.05) is 67.1 Å². The molecule has 0 fully saturated rings. The van der Waals surface area contributed by atoms with Crippen LogP contribution in [0.4, 0.5) is 5.69 Å². The van der Waals surface area contributed by atoms with Crippen LogP contribution in [0.3, 0.4) is 0 Å². The molecule has 5 rings (SSSR count). The molecule has 0 aliphatic carbocycles. The zero-order chi connectivity index (χ0) is 24.9. The summed E-state index contributed by atoms with van der Waals surface area (Å²) >= 11 is 1.35. The first-order valence-electron chi connectivity index (χ1n) is 12.0. The van der Waals surface area contributed by atoms with Crippen LogP contribution in [0.1, 0.15) is 30.9 Å². The van der Waals surface area contributed by atoms with Crippen LogP contribution in [-0.2, 0) is 11.2 Å². The average molecular weight is 501 g/mol. The average Bonchev–Trinajstić information content (AvgIpc) is 3.54. The fourth-order valence-corrected chi connectivity index (χ4v) is 4.73. The second-order valence-corrected chi connectivity index (χ2v) is 9.63. The van der Waals surface area contributed by atoms with E-state index in [1.807, 2.05) is 16.7 Å². The van der Waals surface area contributed by atoms with E-state index >= 15 is 0 Å². The van der Waals surface area contributed by atoms with Gasteiger partial charge in [-0.15, -0.1) is 10.2 Å². The zero-order valence-corrected chi connectivity index (χ0v) is 21.2. The maximum absolute atomic E-state index is 12.7. The largest absolute Gasteiger partial charge is 0.454 e. The molecule has 1 N–H and O–H groups in total. The first-order valence-corrected chi connectivity index (χ1v) is 13.0. The second kappa shape index (κ2) is 10.9. The molecule has 4 aromatic rings. The molecule has 1 aliphatic rings. The molecule has 3 aromatic carbocycles. The van der Waals surface area contributed by atoms with E-state index in [0.717, 1.165) is 23.5 Å². The minimum absolute atomic E-state index is 0.139. The molecule has 8 heteroatoms. The van der Waals surface area contributed by atoms with Crippen molar-refractivity contribution >= 4 is 23.4 Å². The van der Waals surface area contributed by atoms with Crippen molar-refractivity contribution in [3.63, 3.8) is 0 Å². The smallest absolute Gasteiger partial charge is 0.234 e. The fourth-order valence-electron chi connectivity index (χ4n) is 3.98. The van der Waals surface area contributed by atoms with Crippen LogP contribution >= 0.6 is 11.8 Å². The Morgan fingerprint density at radius 1 is 1.00 bits per heavy atom. The summed E-state index contributed by atoms with van der Waals surface area (Å²) in [5, 5.41) is 12.5. The van der Waals surface area contributed by atoms with Crippen LogP contribution in [0, 0.1) is 6.92 Å². The van der Waals surface area contributed by atoms with Crippen molar-refractivity contribution < 1.29 is 14.3 Å². The van der Waals surface area contributed by atoms with Gasteiger partial charge in [0.2, 0.25) is 12.7 Å². The van der Waals surface area contributed by atoms with Crippen LogP contribution in [0.2, 0.25) is 0 Å². The van der Waals surface area contributed by atoms with E-state index < -0.39 is 0 Å². The normalized spacial score (nSPS) is 12.1. The summed E-state index contributed by atoms with van der Waals surface area (Å²) < 4.78 is 12.8. The number of carbonyl (C=O) groups excluding carboxylic acids is 1. The Morgan fingerprint density at radius 2 is 1.78 bits per heavy atom. The minimum atomic E-state index is -0.139. The van der Waals surface area contributed by atoms with E-state index in [4.69, 9.17) is 9.47 Å². The summed E-state index contributed by atoms with van der Waals surface area (Å²) in [4.78, 5) is 12.7. The summed E-state index contributed by atoms with van der Waals surface area (Å²) in [6, 6.07) is 22.1. The number of amides is 1. The van der Waals surface area contributed by atoms with Gasteiger partial charge in [0.15, 0.2) is 22.5 Å². The molecule has 2 heterocycles. The monoisotopic (exact) mass is 500 g/mol. The molecule has 184 valence electrons. The maximum atomic E-state index is 12.7. The number of rotatable bonds is 9. The number of benzene rings is 3. The van der Waals surface area contributed by atoms with Crippen LogP contribution in [0.5, 0.6) is 11.5 Å². The Balaban J connectivity index is 1.37. The van der Waals surface area contributed by atoms with Crippen molar-refractivity contribution in [1.29, 1.82) is 0 Å². The molecular weight excluding hydrogens is 472 g/mol. The van der Waals surface area contributed by atoms with Gasteiger partial charge in [0.05, 0.1) is 5.75 Å². The Kier molecular flexibility index (Phi) is 7.23. The number of ether oxygens (including phenoxy) is 2. The van der Waals surface area contributed by atoms with Crippen LogP contribution in [0.25, 0.3) is 17.1 Å². The molecule has 0 saturated carbocycles. The number of anilines is 1. The third kappa shape index (κ3) is 5.39. The molecule has 7 nitrogen and oxygen atoms in total. The maximum Gasteiger partial charge on any atom is 0.234 e. The molecule has 36 heavy (non-hydrogen) atoms. The number of unbranched alkanes of at least 4 members (excludes halogenated alkanes) is 1. The number of nitrogens with zero attached hydrogens (tertiary/aromatic N) is 3. The summed E-state index contributed by atoms with van der Waals surface area (Å²) in [5.41, 5.74) is 5.09. The lowest BCUT2D eigenvalue weighted by atomic mass is 10.1.